The molecular weight excluding hydrogens is 347 g/mol. The molecule has 0 spiro atoms. The molecule has 2 amide bonds. The van der Waals surface area contributed by atoms with Gasteiger partial charge in [-0.25, -0.2) is 0 Å². The summed E-state index contributed by atoms with van der Waals surface area (Å²) in [4.78, 5) is 31.8. The summed E-state index contributed by atoms with van der Waals surface area (Å²) < 4.78 is 38.4. The molecule has 1 aromatic heterocycles. The molecule has 0 N–H and O–H groups in total. The number of alkyl halides is 3. The van der Waals surface area contributed by atoms with Crippen molar-refractivity contribution in [1.29, 1.82) is 0 Å². The molecule has 26 heavy (non-hydrogen) atoms. The lowest BCUT2D eigenvalue weighted by Crippen LogP contribution is -2.50. The summed E-state index contributed by atoms with van der Waals surface area (Å²) in [5.41, 5.74) is -0.397. The van der Waals surface area contributed by atoms with E-state index < -0.39 is 17.6 Å². The molecule has 5 nitrogen and oxygen atoms in total. The molecule has 1 aliphatic rings. The van der Waals surface area contributed by atoms with Crippen molar-refractivity contribution >= 4 is 11.8 Å². The van der Waals surface area contributed by atoms with Crippen LogP contribution in [0.1, 0.15) is 26.3 Å². The highest BCUT2D eigenvalue weighted by Crippen LogP contribution is 2.29. The number of halogens is 3. The monoisotopic (exact) mass is 363 g/mol. The lowest BCUT2D eigenvalue weighted by atomic mass is 10.1. The van der Waals surface area contributed by atoms with E-state index in [1.165, 1.54) is 23.2 Å². The number of amides is 2. The first-order chi connectivity index (χ1) is 12.4. The maximum Gasteiger partial charge on any atom is 0.416 e. The van der Waals surface area contributed by atoms with E-state index in [9.17, 15) is 22.8 Å². The van der Waals surface area contributed by atoms with Crippen LogP contribution in [0.4, 0.5) is 13.2 Å². The minimum absolute atomic E-state index is 0.00754. The van der Waals surface area contributed by atoms with Crippen molar-refractivity contribution in [2.45, 2.75) is 6.18 Å². The van der Waals surface area contributed by atoms with E-state index >= 15 is 0 Å². The number of nitrogens with zero attached hydrogens (tertiary/aromatic N) is 3. The highest BCUT2D eigenvalue weighted by atomic mass is 19.4. The van der Waals surface area contributed by atoms with Gasteiger partial charge in [0.25, 0.3) is 11.8 Å². The number of hydrogen-bond acceptors (Lipinski definition) is 3. The van der Waals surface area contributed by atoms with Crippen LogP contribution < -0.4 is 0 Å². The molecule has 0 aliphatic carbocycles. The number of carbonyl (C=O) groups is 2. The van der Waals surface area contributed by atoms with Crippen LogP contribution in [0.2, 0.25) is 0 Å². The van der Waals surface area contributed by atoms with Gasteiger partial charge in [0.15, 0.2) is 0 Å². The van der Waals surface area contributed by atoms with Gasteiger partial charge in [-0.3, -0.25) is 14.6 Å². The second-order valence-electron chi connectivity index (χ2n) is 5.90. The van der Waals surface area contributed by atoms with E-state index in [2.05, 4.69) is 4.98 Å². The minimum Gasteiger partial charge on any atom is -0.335 e. The molecule has 8 heteroatoms. The lowest BCUT2D eigenvalue weighted by Gasteiger charge is -2.34. The fourth-order valence-corrected chi connectivity index (χ4v) is 2.80. The van der Waals surface area contributed by atoms with Crippen molar-refractivity contribution in [2.75, 3.05) is 26.2 Å². The van der Waals surface area contributed by atoms with Gasteiger partial charge in [0, 0.05) is 44.1 Å². The van der Waals surface area contributed by atoms with Crippen LogP contribution in [0.5, 0.6) is 0 Å². The van der Waals surface area contributed by atoms with E-state index in [0.29, 0.717) is 18.7 Å². The van der Waals surface area contributed by atoms with Gasteiger partial charge in [0.1, 0.15) is 0 Å². The van der Waals surface area contributed by atoms with Crippen LogP contribution in [0.3, 0.4) is 0 Å². The zero-order chi connectivity index (χ0) is 18.7. The standard InChI is InChI=1S/C18H16F3N3O2/c19-18(20,21)15-5-1-3-13(11-15)16(25)23-7-9-24(10-8-23)17(26)14-4-2-6-22-12-14/h1-6,11-12H,7-10H2. The molecule has 2 heterocycles. The Labute approximate surface area is 148 Å². The van der Waals surface area contributed by atoms with Gasteiger partial charge in [-0.15, -0.1) is 0 Å². The minimum atomic E-state index is -4.49. The largest absolute Gasteiger partial charge is 0.416 e. The quantitative estimate of drug-likeness (QED) is 0.824. The van der Waals surface area contributed by atoms with Gasteiger partial charge in [-0.2, -0.15) is 13.2 Å². The Morgan fingerprint density at radius 3 is 2.00 bits per heavy atom. The number of pyridine rings is 1. The molecule has 0 bridgehead atoms. The first-order valence-electron chi connectivity index (χ1n) is 8.02. The maximum absolute atomic E-state index is 12.8. The molecule has 136 valence electrons. The van der Waals surface area contributed by atoms with Crippen LogP contribution in [-0.4, -0.2) is 52.8 Å². The van der Waals surface area contributed by atoms with Gasteiger partial charge in [0.2, 0.25) is 0 Å². The predicted octanol–water partition coefficient (Wildman–Crippen LogP) is 2.70. The summed E-state index contributed by atoms with van der Waals surface area (Å²) in [5, 5.41) is 0. The van der Waals surface area contributed by atoms with Gasteiger partial charge in [-0.05, 0) is 30.3 Å². The van der Waals surface area contributed by atoms with E-state index in [1.807, 2.05) is 0 Å². The first kappa shape index (κ1) is 17.9. The SMILES string of the molecule is O=C(c1cccnc1)N1CCN(C(=O)c2cccc(C(F)(F)F)c2)CC1. The summed E-state index contributed by atoms with van der Waals surface area (Å²) in [6.45, 7) is 1.17. The predicted molar refractivity (Wildman–Crippen MR) is 87.5 cm³/mol. The van der Waals surface area contributed by atoms with E-state index in [1.54, 1.807) is 23.2 Å². The van der Waals surface area contributed by atoms with Crippen molar-refractivity contribution in [3.05, 3.63) is 65.5 Å². The van der Waals surface area contributed by atoms with Gasteiger partial charge in [0.05, 0.1) is 11.1 Å². The number of rotatable bonds is 2. The molecule has 0 unspecified atom stereocenters. The van der Waals surface area contributed by atoms with Crippen molar-refractivity contribution in [3.63, 3.8) is 0 Å². The molecule has 0 saturated carbocycles. The topological polar surface area (TPSA) is 53.5 Å². The molecule has 1 aliphatic heterocycles. The van der Waals surface area contributed by atoms with Gasteiger partial charge < -0.3 is 9.80 Å². The Balaban J connectivity index is 1.65. The van der Waals surface area contributed by atoms with E-state index in [4.69, 9.17) is 0 Å². The van der Waals surface area contributed by atoms with Crippen LogP contribution in [0.25, 0.3) is 0 Å². The number of benzene rings is 1. The van der Waals surface area contributed by atoms with E-state index in [0.717, 1.165) is 12.1 Å². The summed E-state index contributed by atoms with van der Waals surface area (Å²) >= 11 is 0. The Morgan fingerprint density at radius 2 is 1.46 bits per heavy atom. The molecule has 0 atom stereocenters. The number of hydrogen-bond donors (Lipinski definition) is 0. The third kappa shape index (κ3) is 3.84. The van der Waals surface area contributed by atoms with Crippen molar-refractivity contribution in [3.8, 4) is 0 Å². The van der Waals surface area contributed by atoms with Crippen molar-refractivity contribution < 1.29 is 22.8 Å². The van der Waals surface area contributed by atoms with Crippen LogP contribution in [-0.2, 0) is 6.18 Å². The Morgan fingerprint density at radius 1 is 0.885 bits per heavy atom. The smallest absolute Gasteiger partial charge is 0.335 e. The Bertz CT molecular complexity index is 801. The number of carbonyl (C=O) groups excluding carboxylic acids is 2. The molecule has 0 radical (unpaired) electrons. The van der Waals surface area contributed by atoms with Crippen molar-refractivity contribution in [1.82, 2.24) is 14.8 Å². The first-order valence-corrected chi connectivity index (χ1v) is 8.02. The average molecular weight is 363 g/mol. The Kier molecular flexibility index (Phi) is 4.92. The van der Waals surface area contributed by atoms with Crippen LogP contribution in [0, 0.1) is 0 Å². The van der Waals surface area contributed by atoms with Gasteiger partial charge in [-0.1, -0.05) is 6.07 Å². The van der Waals surface area contributed by atoms with Crippen molar-refractivity contribution in [2.24, 2.45) is 0 Å². The third-order valence-electron chi connectivity index (χ3n) is 4.20. The fourth-order valence-electron chi connectivity index (χ4n) is 2.80. The molecule has 2 aromatic rings. The molecular formula is C18H16F3N3O2. The van der Waals surface area contributed by atoms with E-state index in [-0.39, 0.29) is 24.6 Å². The zero-order valence-electron chi connectivity index (χ0n) is 13.7. The van der Waals surface area contributed by atoms with Crippen LogP contribution in [0.15, 0.2) is 48.8 Å². The lowest BCUT2D eigenvalue weighted by molar-refractivity contribution is -0.137. The second-order valence-corrected chi connectivity index (χ2v) is 5.90. The molecule has 1 saturated heterocycles. The Hall–Kier alpha value is -2.90. The molecule has 1 aromatic carbocycles. The highest BCUT2D eigenvalue weighted by Gasteiger charge is 2.32. The zero-order valence-corrected chi connectivity index (χ0v) is 13.7. The maximum atomic E-state index is 12.8. The molecule has 1 fully saturated rings. The summed E-state index contributed by atoms with van der Waals surface area (Å²) in [6, 6.07) is 7.70. The second kappa shape index (κ2) is 7.15. The van der Waals surface area contributed by atoms with Crippen LogP contribution >= 0.6 is 0 Å². The average Bonchev–Trinajstić information content (AvgIpc) is 2.67. The normalized spacial score (nSPS) is 15.0. The summed E-state index contributed by atoms with van der Waals surface area (Å²) in [5.74, 6) is -0.645. The highest BCUT2D eigenvalue weighted by molar-refractivity contribution is 5.96. The number of aromatic nitrogens is 1. The summed E-state index contributed by atoms with van der Waals surface area (Å²) in [7, 11) is 0. The molecule has 3 rings (SSSR count). The third-order valence-corrected chi connectivity index (χ3v) is 4.20. The summed E-state index contributed by atoms with van der Waals surface area (Å²) in [6.07, 6.45) is -1.45. The number of piperazine rings is 1. The fraction of sp³-hybridized carbons (Fsp3) is 0.278. The van der Waals surface area contributed by atoms with Gasteiger partial charge >= 0.3 is 6.18 Å².